The molecule has 0 saturated heterocycles. The molecule has 0 saturated carbocycles. The van der Waals surface area contributed by atoms with E-state index in [1.807, 2.05) is 41.8 Å². The lowest BCUT2D eigenvalue weighted by Gasteiger charge is -2.09. The van der Waals surface area contributed by atoms with Gasteiger partial charge in [-0.25, -0.2) is 8.78 Å². The Bertz CT molecular complexity index is 744. The minimum atomic E-state index is -0.799. The number of nitrogens with zero attached hydrogens (tertiary/aromatic N) is 1. The van der Waals surface area contributed by atoms with Gasteiger partial charge in [0, 0.05) is 16.8 Å². The van der Waals surface area contributed by atoms with Gasteiger partial charge < -0.3 is 4.57 Å². The Hall–Kier alpha value is -2.16. The summed E-state index contributed by atoms with van der Waals surface area (Å²) in [5.41, 5.74) is 2.43. The van der Waals surface area contributed by atoms with Crippen molar-refractivity contribution in [3.05, 3.63) is 71.4 Å². The van der Waals surface area contributed by atoms with E-state index in [1.165, 1.54) is 6.07 Å². The lowest BCUT2D eigenvalue weighted by Crippen LogP contribution is -2.04. The Kier molecular flexibility index (Phi) is 2.82. The summed E-state index contributed by atoms with van der Waals surface area (Å²) in [6.07, 6.45) is 0. The topological polar surface area (TPSA) is 4.93 Å². The van der Waals surface area contributed by atoms with E-state index in [2.05, 4.69) is 0 Å². The molecule has 1 nitrogen and oxygen atoms in total. The van der Waals surface area contributed by atoms with Crippen LogP contribution in [-0.2, 0) is 6.54 Å². The third-order valence-electron chi connectivity index (χ3n) is 3.38. The molecule has 0 spiro atoms. The molecule has 0 radical (unpaired) electrons. The zero-order chi connectivity index (χ0) is 13.4. The minimum absolute atomic E-state index is 0.336. The van der Waals surface area contributed by atoms with Gasteiger partial charge in [-0.05, 0) is 30.5 Å². The molecule has 0 aliphatic carbocycles. The highest BCUT2D eigenvalue weighted by Crippen LogP contribution is 2.22. The average molecular weight is 257 g/mol. The van der Waals surface area contributed by atoms with Crippen LogP contribution in [-0.4, -0.2) is 4.57 Å². The predicted octanol–water partition coefficient (Wildman–Crippen LogP) is 4.28. The number of benzene rings is 2. The zero-order valence-electron chi connectivity index (χ0n) is 10.5. The van der Waals surface area contributed by atoms with Crippen molar-refractivity contribution in [2.24, 2.45) is 0 Å². The van der Waals surface area contributed by atoms with Crippen molar-refractivity contribution in [3.8, 4) is 0 Å². The number of aromatic nitrogens is 1. The van der Waals surface area contributed by atoms with Gasteiger partial charge in [0.15, 0.2) is 11.6 Å². The Morgan fingerprint density at radius 2 is 1.79 bits per heavy atom. The molecule has 0 unspecified atom stereocenters. The molecule has 19 heavy (non-hydrogen) atoms. The van der Waals surface area contributed by atoms with Crippen molar-refractivity contribution in [2.75, 3.05) is 0 Å². The van der Waals surface area contributed by atoms with Crippen LogP contribution in [0.25, 0.3) is 10.9 Å². The maximum Gasteiger partial charge on any atom is 0.163 e. The molecule has 0 atom stereocenters. The standard InChI is InChI=1S/C16H13F2N/c1-11-9-12-5-2-3-8-15(12)19(11)10-13-6-4-7-14(17)16(13)18/h2-9H,10H2,1H3. The highest BCUT2D eigenvalue weighted by Gasteiger charge is 2.11. The summed E-state index contributed by atoms with van der Waals surface area (Å²) < 4.78 is 29.0. The first-order valence-electron chi connectivity index (χ1n) is 6.14. The van der Waals surface area contributed by atoms with Gasteiger partial charge in [-0.15, -0.1) is 0 Å². The second-order valence-electron chi connectivity index (χ2n) is 4.64. The van der Waals surface area contributed by atoms with Crippen LogP contribution in [0.15, 0.2) is 48.5 Å². The predicted molar refractivity (Wildman–Crippen MR) is 72.1 cm³/mol. The summed E-state index contributed by atoms with van der Waals surface area (Å²) in [6.45, 7) is 2.31. The normalized spacial score (nSPS) is 11.1. The van der Waals surface area contributed by atoms with E-state index in [4.69, 9.17) is 0 Å². The minimum Gasteiger partial charge on any atom is -0.340 e. The lowest BCUT2D eigenvalue weighted by atomic mass is 10.2. The maximum absolute atomic E-state index is 13.7. The second kappa shape index (κ2) is 4.50. The maximum atomic E-state index is 13.7. The Morgan fingerprint density at radius 1 is 1.00 bits per heavy atom. The molecule has 1 heterocycles. The molecule has 0 aliphatic rings. The molecule has 3 heteroatoms. The van der Waals surface area contributed by atoms with Gasteiger partial charge in [0.05, 0.1) is 6.54 Å². The van der Waals surface area contributed by atoms with Crippen LogP contribution in [0.1, 0.15) is 11.3 Å². The first kappa shape index (κ1) is 11.9. The summed E-state index contributed by atoms with van der Waals surface area (Å²) >= 11 is 0. The molecule has 3 aromatic rings. The van der Waals surface area contributed by atoms with Crippen molar-refractivity contribution in [1.82, 2.24) is 4.57 Å². The molecular weight excluding hydrogens is 244 g/mol. The number of aryl methyl sites for hydroxylation is 1. The smallest absolute Gasteiger partial charge is 0.163 e. The first-order valence-corrected chi connectivity index (χ1v) is 6.14. The third-order valence-corrected chi connectivity index (χ3v) is 3.38. The van der Waals surface area contributed by atoms with Crippen LogP contribution in [0, 0.1) is 18.6 Å². The monoisotopic (exact) mass is 257 g/mol. The van der Waals surface area contributed by atoms with E-state index in [9.17, 15) is 8.78 Å². The first-order chi connectivity index (χ1) is 9.16. The van der Waals surface area contributed by atoms with Crippen LogP contribution in [0.4, 0.5) is 8.78 Å². The van der Waals surface area contributed by atoms with Gasteiger partial charge in [0.1, 0.15) is 0 Å². The fraction of sp³-hybridized carbons (Fsp3) is 0.125. The molecule has 0 aliphatic heterocycles. The van der Waals surface area contributed by atoms with Crippen molar-refractivity contribution in [1.29, 1.82) is 0 Å². The summed E-state index contributed by atoms with van der Waals surface area (Å²) in [4.78, 5) is 0. The van der Waals surface area contributed by atoms with E-state index >= 15 is 0 Å². The lowest BCUT2D eigenvalue weighted by molar-refractivity contribution is 0.495. The second-order valence-corrected chi connectivity index (χ2v) is 4.64. The number of para-hydroxylation sites is 1. The van der Waals surface area contributed by atoms with Gasteiger partial charge in [0.2, 0.25) is 0 Å². The fourth-order valence-electron chi connectivity index (χ4n) is 2.40. The number of hydrogen-bond donors (Lipinski definition) is 0. The van der Waals surface area contributed by atoms with Crippen molar-refractivity contribution in [2.45, 2.75) is 13.5 Å². The fourth-order valence-corrected chi connectivity index (χ4v) is 2.40. The van der Waals surface area contributed by atoms with Crippen molar-refractivity contribution in [3.63, 3.8) is 0 Å². The molecule has 3 rings (SSSR count). The van der Waals surface area contributed by atoms with Gasteiger partial charge >= 0.3 is 0 Å². The van der Waals surface area contributed by atoms with Gasteiger partial charge in [0.25, 0.3) is 0 Å². The summed E-state index contributed by atoms with van der Waals surface area (Å²) in [6, 6.07) is 14.3. The molecule has 0 fully saturated rings. The van der Waals surface area contributed by atoms with Crippen molar-refractivity contribution < 1.29 is 8.78 Å². The Labute approximate surface area is 110 Å². The molecular formula is C16H13F2N. The van der Waals surface area contributed by atoms with Crippen LogP contribution in [0.3, 0.4) is 0 Å². The van der Waals surface area contributed by atoms with E-state index in [1.54, 1.807) is 6.07 Å². The largest absolute Gasteiger partial charge is 0.340 e. The molecule has 1 aromatic heterocycles. The average Bonchev–Trinajstić information content (AvgIpc) is 2.72. The number of hydrogen-bond acceptors (Lipinski definition) is 0. The third kappa shape index (κ3) is 2.01. The Balaban J connectivity index is 2.11. The summed E-state index contributed by atoms with van der Waals surface area (Å²) in [5, 5.41) is 1.11. The van der Waals surface area contributed by atoms with Crippen LogP contribution in [0.5, 0.6) is 0 Å². The van der Waals surface area contributed by atoms with E-state index in [0.717, 1.165) is 22.7 Å². The van der Waals surface area contributed by atoms with Gasteiger partial charge in [-0.1, -0.05) is 30.3 Å². The molecule has 0 bridgehead atoms. The van der Waals surface area contributed by atoms with Crippen LogP contribution < -0.4 is 0 Å². The quantitative estimate of drug-likeness (QED) is 0.646. The number of rotatable bonds is 2. The molecule has 96 valence electrons. The van der Waals surface area contributed by atoms with Gasteiger partial charge in [-0.3, -0.25) is 0 Å². The highest BCUT2D eigenvalue weighted by atomic mass is 19.2. The number of fused-ring (bicyclic) bond motifs is 1. The highest BCUT2D eigenvalue weighted by molar-refractivity contribution is 5.81. The van der Waals surface area contributed by atoms with E-state index in [-0.39, 0.29) is 0 Å². The van der Waals surface area contributed by atoms with E-state index < -0.39 is 11.6 Å². The summed E-state index contributed by atoms with van der Waals surface area (Å²) in [5.74, 6) is -1.56. The summed E-state index contributed by atoms with van der Waals surface area (Å²) in [7, 11) is 0. The molecule has 2 aromatic carbocycles. The SMILES string of the molecule is Cc1cc2ccccc2n1Cc1cccc(F)c1F. The van der Waals surface area contributed by atoms with Gasteiger partial charge in [-0.2, -0.15) is 0 Å². The Morgan fingerprint density at radius 3 is 2.63 bits per heavy atom. The molecule has 0 N–H and O–H groups in total. The van der Waals surface area contributed by atoms with Crippen LogP contribution in [0.2, 0.25) is 0 Å². The van der Waals surface area contributed by atoms with Crippen LogP contribution >= 0.6 is 0 Å². The van der Waals surface area contributed by atoms with Crippen molar-refractivity contribution >= 4 is 10.9 Å². The number of halogens is 2. The molecule has 0 amide bonds. The van der Waals surface area contributed by atoms with E-state index in [0.29, 0.717) is 12.1 Å². The zero-order valence-corrected chi connectivity index (χ0v) is 10.5.